The highest BCUT2D eigenvalue weighted by Crippen LogP contribution is 2.17. The van der Waals surface area contributed by atoms with E-state index in [9.17, 15) is 9.59 Å². The number of likely N-dealkylation sites (tertiary alicyclic amines) is 1. The van der Waals surface area contributed by atoms with Gasteiger partial charge in [0.2, 0.25) is 5.91 Å². The Hall–Kier alpha value is -1.62. The standard InChI is InChI=1S/C16H26N2O3/c1-4-9-18(10-5-2)15(19)13-17-11-7-8-14(12-17)16(20)21-6-3/h4-5,14H,1-2,6-13H2,3H3/t14-/m0/s1. The number of hydrogen-bond acceptors (Lipinski definition) is 4. The van der Waals surface area contributed by atoms with Crippen molar-refractivity contribution in [2.75, 3.05) is 39.3 Å². The van der Waals surface area contributed by atoms with Crippen molar-refractivity contribution in [1.29, 1.82) is 0 Å². The van der Waals surface area contributed by atoms with Crippen LogP contribution in [-0.4, -0.2) is 61.0 Å². The molecule has 118 valence electrons. The van der Waals surface area contributed by atoms with Crippen LogP contribution < -0.4 is 0 Å². The van der Waals surface area contributed by atoms with Crippen molar-refractivity contribution in [3.8, 4) is 0 Å². The van der Waals surface area contributed by atoms with E-state index in [1.165, 1.54) is 0 Å². The normalized spacial score (nSPS) is 18.8. The Kier molecular flexibility index (Phi) is 7.75. The van der Waals surface area contributed by atoms with Gasteiger partial charge < -0.3 is 9.64 Å². The fourth-order valence-electron chi connectivity index (χ4n) is 2.53. The van der Waals surface area contributed by atoms with Crippen LogP contribution in [0, 0.1) is 5.92 Å². The smallest absolute Gasteiger partial charge is 0.310 e. The third-order valence-electron chi connectivity index (χ3n) is 3.54. The predicted octanol–water partition coefficient (Wildman–Crippen LogP) is 1.46. The Balaban J connectivity index is 2.52. The lowest BCUT2D eigenvalue weighted by Crippen LogP contribution is -2.46. The molecule has 21 heavy (non-hydrogen) atoms. The Morgan fingerprint density at radius 2 is 2.00 bits per heavy atom. The quantitative estimate of drug-likeness (QED) is 0.502. The van der Waals surface area contributed by atoms with Crippen molar-refractivity contribution in [3.05, 3.63) is 25.3 Å². The van der Waals surface area contributed by atoms with Gasteiger partial charge >= 0.3 is 5.97 Å². The minimum atomic E-state index is -0.149. The molecule has 0 N–H and O–H groups in total. The van der Waals surface area contributed by atoms with E-state index in [0.717, 1.165) is 19.4 Å². The summed E-state index contributed by atoms with van der Waals surface area (Å²) in [7, 11) is 0. The number of carbonyl (C=O) groups is 2. The molecule has 0 aromatic heterocycles. The summed E-state index contributed by atoms with van der Waals surface area (Å²) in [6.07, 6.45) is 5.17. The zero-order valence-corrected chi connectivity index (χ0v) is 12.9. The molecule has 0 aliphatic carbocycles. The minimum absolute atomic E-state index is 0.0410. The van der Waals surface area contributed by atoms with Crippen LogP contribution in [0.5, 0.6) is 0 Å². The summed E-state index contributed by atoms with van der Waals surface area (Å²) in [5.41, 5.74) is 0. The molecule has 1 heterocycles. The van der Waals surface area contributed by atoms with Gasteiger partial charge in [-0.2, -0.15) is 0 Å². The van der Waals surface area contributed by atoms with Crippen LogP contribution in [0.3, 0.4) is 0 Å². The number of esters is 1. The van der Waals surface area contributed by atoms with E-state index in [2.05, 4.69) is 13.2 Å². The predicted molar refractivity (Wildman–Crippen MR) is 82.8 cm³/mol. The van der Waals surface area contributed by atoms with Crippen LogP contribution in [0.1, 0.15) is 19.8 Å². The number of carbonyl (C=O) groups excluding carboxylic acids is 2. The van der Waals surface area contributed by atoms with Crippen LogP contribution in [0.25, 0.3) is 0 Å². The molecule has 1 rings (SSSR count). The van der Waals surface area contributed by atoms with Gasteiger partial charge in [0.25, 0.3) is 0 Å². The van der Waals surface area contributed by atoms with E-state index in [4.69, 9.17) is 4.74 Å². The maximum absolute atomic E-state index is 12.3. The maximum Gasteiger partial charge on any atom is 0.310 e. The van der Waals surface area contributed by atoms with Crippen LogP contribution in [0.4, 0.5) is 0 Å². The van der Waals surface area contributed by atoms with Gasteiger partial charge in [-0.1, -0.05) is 12.2 Å². The van der Waals surface area contributed by atoms with E-state index in [0.29, 0.717) is 32.8 Å². The number of ether oxygens (including phenoxy) is 1. The lowest BCUT2D eigenvalue weighted by Gasteiger charge is -2.32. The number of nitrogens with zero attached hydrogens (tertiary/aromatic N) is 2. The molecule has 0 spiro atoms. The van der Waals surface area contributed by atoms with Crippen LogP contribution in [0.2, 0.25) is 0 Å². The van der Waals surface area contributed by atoms with Gasteiger partial charge in [0.05, 0.1) is 19.1 Å². The van der Waals surface area contributed by atoms with E-state index in [1.54, 1.807) is 17.1 Å². The topological polar surface area (TPSA) is 49.9 Å². The first kappa shape index (κ1) is 17.4. The highest BCUT2D eigenvalue weighted by molar-refractivity contribution is 5.79. The molecule has 0 aromatic rings. The Morgan fingerprint density at radius 1 is 1.33 bits per heavy atom. The molecule has 0 bridgehead atoms. The molecule has 5 nitrogen and oxygen atoms in total. The summed E-state index contributed by atoms with van der Waals surface area (Å²) in [6, 6.07) is 0. The number of piperidine rings is 1. The average Bonchev–Trinajstić information content (AvgIpc) is 2.47. The van der Waals surface area contributed by atoms with Gasteiger partial charge in [0, 0.05) is 19.6 Å². The van der Waals surface area contributed by atoms with Gasteiger partial charge in [0.15, 0.2) is 0 Å². The molecule has 0 radical (unpaired) electrons. The molecule has 1 atom stereocenters. The third kappa shape index (κ3) is 5.71. The van der Waals surface area contributed by atoms with E-state index < -0.39 is 0 Å². The van der Waals surface area contributed by atoms with Crippen molar-refractivity contribution in [3.63, 3.8) is 0 Å². The summed E-state index contributed by atoms with van der Waals surface area (Å²) < 4.78 is 5.07. The highest BCUT2D eigenvalue weighted by Gasteiger charge is 2.28. The lowest BCUT2D eigenvalue weighted by molar-refractivity contribution is -0.150. The molecule has 1 aliphatic rings. The molecule has 1 amide bonds. The molecular weight excluding hydrogens is 268 g/mol. The van der Waals surface area contributed by atoms with Crippen molar-refractivity contribution in [2.24, 2.45) is 5.92 Å². The van der Waals surface area contributed by atoms with Crippen molar-refractivity contribution in [2.45, 2.75) is 19.8 Å². The average molecular weight is 294 g/mol. The van der Waals surface area contributed by atoms with E-state index >= 15 is 0 Å². The zero-order chi connectivity index (χ0) is 15.7. The van der Waals surface area contributed by atoms with Gasteiger partial charge in [-0.05, 0) is 26.3 Å². The van der Waals surface area contributed by atoms with E-state index in [1.807, 2.05) is 11.8 Å². The maximum atomic E-state index is 12.3. The molecule has 5 heteroatoms. The number of hydrogen-bond donors (Lipinski definition) is 0. The van der Waals surface area contributed by atoms with Gasteiger partial charge in [-0.3, -0.25) is 14.5 Å². The number of rotatable bonds is 8. The SMILES string of the molecule is C=CCN(CC=C)C(=O)CN1CCC[C@H](C(=O)OCC)C1. The monoisotopic (exact) mass is 294 g/mol. The summed E-state index contributed by atoms with van der Waals surface area (Å²) in [6.45, 7) is 12.3. The molecule has 1 aliphatic heterocycles. The second-order valence-corrected chi connectivity index (χ2v) is 5.20. The zero-order valence-electron chi connectivity index (χ0n) is 12.9. The Bertz CT molecular complexity index is 372. The second kappa shape index (κ2) is 9.34. The van der Waals surface area contributed by atoms with Gasteiger partial charge in [-0.25, -0.2) is 0 Å². The lowest BCUT2D eigenvalue weighted by atomic mass is 9.98. The minimum Gasteiger partial charge on any atom is -0.466 e. The Morgan fingerprint density at radius 3 is 2.57 bits per heavy atom. The van der Waals surface area contributed by atoms with Gasteiger partial charge in [0.1, 0.15) is 0 Å². The second-order valence-electron chi connectivity index (χ2n) is 5.20. The van der Waals surface area contributed by atoms with Crippen LogP contribution in [-0.2, 0) is 14.3 Å². The largest absolute Gasteiger partial charge is 0.466 e. The van der Waals surface area contributed by atoms with Crippen molar-refractivity contribution >= 4 is 11.9 Å². The molecule has 1 fully saturated rings. The first-order chi connectivity index (χ1) is 10.1. The molecule has 0 unspecified atom stereocenters. The first-order valence-corrected chi connectivity index (χ1v) is 7.50. The molecule has 0 saturated carbocycles. The molecule has 0 aromatic carbocycles. The summed E-state index contributed by atoms with van der Waals surface area (Å²) in [4.78, 5) is 27.8. The molecular formula is C16H26N2O3. The fourth-order valence-corrected chi connectivity index (χ4v) is 2.53. The third-order valence-corrected chi connectivity index (χ3v) is 3.54. The fraction of sp³-hybridized carbons (Fsp3) is 0.625. The van der Waals surface area contributed by atoms with Crippen LogP contribution in [0.15, 0.2) is 25.3 Å². The van der Waals surface area contributed by atoms with E-state index in [-0.39, 0.29) is 17.8 Å². The van der Waals surface area contributed by atoms with Gasteiger partial charge in [-0.15, -0.1) is 13.2 Å². The molecule has 1 saturated heterocycles. The summed E-state index contributed by atoms with van der Waals surface area (Å²) in [5, 5.41) is 0. The first-order valence-electron chi connectivity index (χ1n) is 7.50. The van der Waals surface area contributed by atoms with Crippen molar-refractivity contribution in [1.82, 2.24) is 9.80 Å². The highest BCUT2D eigenvalue weighted by atomic mass is 16.5. The Labute approximate surface area is 127 Å². The van der Waals surface area contributed by atoms with Crippen LogP contribution >= 0.6 is 0 Å². The van der Waals surface area contributed by atoms with Crippen molar-refractivity contribution < 1.29 is 14.3 Å². The number of amides is 1. The summed E-state index contributed by atoms with van der Waals surface area (Å²) in [5.74, 6) is -0.221. The summed E-state index contributed by atoms with van der Waals surface area (Å²) >= 11 is 0.